The number of hydrogen-bond donors (Lipinski definition) is 2. The maximum Gasteiger partial charge on any atom is 0.247 e. The Hall–Kier alpha value is -2.70. The van der Waals surface area contributed by atoms with Gasteiger partial charge in [-0.1, -0.05) is 5.16 Å². The second-order valence-corrected chi connectivity index (χ2v) is 4.74. The average molecular weight is 305 g/mol. The number of aryl methyl sites for hydroxylation is 1. The Morgan fingerprint density at radius 1 is 1.27 bits per heavy atom. The van der Waals surface area contributed by atoms with Crippen molar-refractivity contribution in [3.63, 3.8) is 0 Å². The van der Waals surface area contributed by atoms with Crippen LogP contribution in [0.4, 0.5) is 11.5 Å². The van der Waals surface area contributed by atoms with Crippen LogP contribution in [0.3, 0.4) is 0 Å². The molecule has 2 N–H and O–H groups in total. The van der Waals surface area contributed by atoms with Crippen LogP contribution in [-0.4, -0.2) is 31.3 Å². The van der Waals surface area contributed by atoms with Crippen molar-refractivity contribution < 1.29 is 18.8 Å². The van der Waals surface area contributed by atoms with Crippen LogP contribution in [-0.2, 0) is 4.79 Å². The lowest BCUT2D eigenvalue weighted by atomic mass is 10.2. The summed E-state index contributed by atoms with van der Waals surface area (Å²) in [6.45, 7) is 3.50. The maximum absolute atomic E-state index is 12.1. The molecule has 1 amide bonds. The van der Waals surface area contributed by atoms with Gasteiger partial charge < -0.3 is 24.6 Å². The minimum atomic E-state index is -0.487. The number of carbonyl (C=O) groups is 1. The number of carbonyl (C=O) groups excluding carboxylic acids is 1. The molecule has 1 aromatic carbocycles. The van der Waals surface area contributed by atoms with E-state index in [1.807, 2.05) is 0 Å². The van der Waals surface area contributed by atoms with Crippen LogP contribution in [0.5, 0.6) is 11.5 Å². The van der Waals surface area contributed by atoms with Crippen LogP contribution in [0.1, 0.15) is 12.7 Å². The fourth-order valence-corrected chi connectivity index (χ4v) is 1.88. The number of ether oxygens (including phenoxy) is 2. The molecule has 22 heavy (non-hydrogen) atoms. The van der Waals surface area contributed by atoms with Crippen molar-refractivity contribution in [3.8, 4) is 11.5 Å². The first-order valence-corrected chi connectivity index (χ1v) is 6.76. The molecule has 118 valence electrons. The Morgan fingerprint density at radius 2 is 2.05 bits per heavy atom. The van der Waals surface area contributed by atoms with Gasteiger partial charge in [-0.2, -0.15) is 0 Å². The van der Waals surface area contributed by atoms with Crippen molar-refractivity contribution in [2.45, 2.75) is 19.9 Å². The molecule has 0 spiro atoms. The van der Waals surface area contributed by atoms with Crippen LogP contribution in [0, 0.1) is 6.92 Å². The summed E-state index contributed by atoms with van der Waals surface area (Å²) in [5, 5.41) is 9.49. The Kier molecular flexibility index (Phi) is 4.88. The zero-order valence-corrected chi connectivity index (χ0v) is 13.0. The molecule has 0 bridgehead atoms. The van der Waals surface area contributed by atoms with Gasteiger partial charge in [-0.3, -0.25) is 4.79 Å². The van der Waals surface area contributed by atoms with Gasteiger partial charge in [0.05, 0.1) is 19.9 Å². The van der Waals surface area contributed by atoms with Crippen molar-refractivity contribution in [2.24, 2.45) is 0 Å². The van der Waals surface area contributed by atoms with Crippen molar-refractivity contribution in [2.75, 3.05) is 24.9 Å². The third-order valence-electron chi connectivity index (χ3n) is 3.05. The molecule has 2 aromatic rings. The lowest BCUT2D eigenvalue weighted by molar-refractivity contribution is -0.116. The normalized spacial score (nSPS) is 11.6. The number of methoxy groups -OCH3 is 2. The molecule has 0 aliphatic heterocycles. The fourth-order valence-electron chi connectivity index (χ4n) is 1.88. The zero-order chi connectivity index (χ0) is 16.1. The summed E-state index contributed by atoms with van der Waals surface area (Å²) >= 11 is 0. The van der Waals surface area contributed by atoms with Gasteiger partial charge in [0.15, 0.2) is 5.82 Å². The lowest BCUT2D eigenvalue weighted by Crippen LogP contribution is -2.32. The minimum absolute atomic E-state index is 0.230. The molecule has 0 unspecified atom stereocenters. The zero-order valence-electron chi connectivity index (χ0n) is 13.0. The van der Waals surface area contributed by atoms with E-state index in [9.17, 15) is 4.79 Å². The number of anilines is 2. The first-order chi connectivity index (χ1) is 10.5. The quantitative estimate of drug-likeness (QED) is 0.852. The van der Waals surface area contributed by atoms with Gasteiger partial charge in [-0.05, 0) is 26.0 Å². The number of nitrogens with one attached hydrogen (secondary N) is 2. The van der Waals surface area contributed by atoms with E-state index in [4.69, 9.17) is 14.0 Å². The van der Waals surface area contributed by atoms with Gasteiger partial charge in [0.1, 0.15) is 23.3 Å². The molecule has 0 saturated carbocycles. The predicted molar refractivity (Wildman–Crippen MR) is 82.5 cm³/mol. The van der Waals surface area contributed by atoms with E-state index in [-0.39, 0.29) is 5.91 Å². The van der Waals surface area contributed by atoms with E-state index >= 15 is 0 Å². The molecular weight excluding hydrogens is 286 g/mol. The Balaban J connectivity index is 2.04. The van der Waals surface area contributed by atoms with Gasteiger partial charge in [0, 0.05) is 12.1 Å². The Bertz CT molecular complexity index is 654. The lowest BCUT2D eigenvalue weighted by Gasteiger charge is -2.17. The molecule has 7 heteroatoms. The summed E-state index contributed by atoms with van der Waals surface area (Å²) in [6, 6.07) is 6.49. The molecule has 2 rings (SSSR count). The second-order valence-electron chi connectivity index (χ2n) is 4.74. The van der Waals surface area contributed by atoms with Gasteiger partial charge in [-0.15, -0.1) is 0 Å². The smallest absolute Gasteiger partial charge is 0.247 e. The highest BCUT2D eigenvalue weighted by Gasteiger charge is 2.16. The summed E-state index contributed by atoms with van der Waals surface area (Å²) in [6.07, 6.45) is 0. The van der Waals surface area contributed by atoms with Gasteiger partial charge in [0.25, 0.3) is 0 Å². The number of aromatic nitrogens is 1. The number of rotatable bonds is 6. The van der Waals surface area contributed by atoms with Crippen LogP contribution in [0.25, 0.3) is 0 Å². The molecule has 0 aliphatic rings. The van der Waals surface area contributed by atoms with Crippen LogP contribution in [0.15, 0.2) is 28.8 Å². The molecule has 1 aromatic heterocycles. The van der Waals surface area contributed by atoms with Crippen molar-refractivity contribution >= 4 is 17.4 Å². The monoisotopic (exact) mass is 305 g/mol. The standard InChI is InChI=1S/C15H19N3O4/c1-9-7-14(18-22-9)17-15(19)10(2)16-12-6-5-11(20-3)8-13(12)21-4/h5-8,10,16H,1-4H3,(H,17,18,19)/t10-/m1/s1. The minimum Gasteiger partial charge on any atom is -0.497 e. The van der Waals surface area contributed by atoms with E-state index in [0.717, 1.165) is 0 Å². The van der Waals surface area contributed by atoms with Gasteiger partial charge >= 0.3 is 0 Å². The average Bonchev–Trinajstić information content (AvgIpc) is 2.92. The topological polar surface area (TPSA) is 85.6 Å². The third kappa shape index (κ3) is 3.69. The van der Waals surface area contributed by atoms with E-state index in [1.165, 1.54) is 0 Å². The summed E-state index contributed by atoms with van der Waals surface area (Å²) in [4.78, 5) is 12.1. The largest absolute Gasteiger partial charge is 0.497 e. The van der Waals surface area contributed by atoms with Crippen molar-refractivity contribution in [1.29, 1.82) is 0 Å². The van der Waals surface area contributed by atoms with Gasteiger partial charge in [-0.25, -0.2) is 0 Å². The maximum atomic E-state index is 12.1. The van der Waals surface area contributed by atoms with Crippen molar-refractivity contribution in [1.82, 2.24) is 5.16 Å². The highest BCUT2D eigenvalue weighted by atomic mass is 16.5. The van der Waals surface area contributed by atoms with Crippen molar-refractivity contribution in [3.05, 3.63) is 30.0 Å². The van der Waals surface area contributed by atoms with Crippen LogP contribution < -0.4 is 20.1 Å². The molecular formula is C15H19N3O4. The molecule has 0 aliphatic carbocycles. The van der Waals surface area contributed by atoms with E-state index < -0.39 is 6.04 Å². The summed E-state index contributed by atoms with van der Waals surface area (Å²) in [5.41, 5.74) is 0.697. The van der Waals surface area contributed by atoms with E-state index in [1.54, 1.807) is 52.3 Å². The molecule has 0 radical (unpaired) electrons. The summed E-state index contributed by atoms with van der Waals surface area (Å²) < 4.78 is 15.3. The fraction of sp³-hybridized carbons (Fsp3) is 0.333. The number of amides is 1. The highest BCUT2D eigenvalue weighted by Crippen LogP contribution is 2.29. The SMILES string of the molecule is COc1ccc(N[C@H](C)C(=O)Nc2cc(C)on2)c(OC)c1. The molecule has 1 heterocycles. The number of hydrogen-bond acceptors (Lipinski definition) is 6. The Labute approximate surface area is 128 Å². The molecule has 7 nitrogen and oxygen atoms in total. The van der Waals surface area contributed by atoms with E-state index in [2.05, 4.69) is 15.8 Å². The van der Waals surface area contributed by atoms with E-state index in [0.29, 0.717) is 28.8 Å². The Morgan fingerprint density at radius 3 is 2.64 bits per heavy atom. The molecule has 1 atom stereocenters. The number of benzene rings is 1. The first kappa shape index (κ1) is 15.7. The first-order valence-electron chi connectivity index (χ1n) is 6.76. The van der Waals surface area contributed by atoms with Crippen LogP contribution in [0.2, 0.25) is 0 Å². The molecule has 0 fully saturated rings. The molecule has 0 saturated heterocycles. The summed E-state index contributed by atoms with van der Waals surface area (Å²) in [7, 11) is 3.14. The highest BCUT2D eigenvalue weighted by molar-refractivity contribution is 5.95. The second kappa shape index (κ2) is 6.84. The number of nitrogens with zero attached hydrogens (tertiary/aromatic N) is 1. The predicted octanol–water partition coefficient (Wildman–Crippen LogP) is 2.44. The summed E-state index contributed by atoms with van der Waals surface area (Å²) in [5.74, 6) is 2.06. The van der Waals surface area contributed by atoms with Crippen LogP contribution >= 0.6 is 0 Å². The van der Waals surface area contributed by atoms with Gasteiger partial charge in [0.2, 0.25) is 5.91 Å². The third-order valence-corrected chi connectivity index (χ3v) is 3.05.